The molecule has 164 valence electrons. The predicted molar refractivity (Wildman–Crippen MR) is 122 cm³/mol. The van der Waals surface area contributed by atoms with Gasteiger partial charge in [-0.05, 0) is 50.6 Å². The van der Waals surface area contributed by atoms with E-state index < -0.39 is 5.82 Å². The Labute approximate surface area is 194 Å². The molecule has 33 heavy (non-hydrogen) atoms. The maximum atomic E-state index is 13.6. The Hall–Kier alpha value is -3.66. The average molecular weight is 458 g/mol. The van der Waals surface area contributed by atoms with E-state index in [1.165, 1.54) is 30.1 Å². The second kappa shape index (κ2) is 8.70. The van der Waals surface area contributed by atoms with Gasteiger partial charge in [-0.3, -0.25) is 4.68 Å². The molecule has 1 saturated heterocycles. The predicted octanol–water partition coefficient (Wildman–Crippen LogP) is 4.46. The van der Waals surface area contributed by atoms with E-state index >= 15 is 0 Å². The number of benzene rings is 1. The summed E-state index contributed by atoms with van der Waals surface area (Å²) in [6.45, 7) is 4.00. The summed E-state index contributed by atoms with van der Waals surface area (Å²) < 4.78 is 17.4. The van der Waals surface area contributed by atoms with Crippen LogP contribution in [0.5, 0.6) is 0 Å². The highest BCUT2D eigenvalue weighted by atomic mass is 32.2. The van der Waals surface area contributed by atoms with E-state index in [1.54, 1.807) is 10.6 Å². The van der Waals surface area contributed by atoms with Crippen LogP contribution in [0.25, 0.3) is 16.6 Å². The number of pyridine rings is 1. The van der Waals surface area contributed by atoms with Gasteiger partial charge in [0.1, 0.15) is 18.0 Å². The summed E-state index contributed by atoms with van der Waals surface area (Å²) in [6, 6.07) is 10.7. The monoisotopic (exact) mass is 457 g/mol. The molecular formula is C24H20FN7S. The number of fused-ring (bicyclic) bond motifs is 1. The van der Waals surface area contributed by atoms with Crippen LogP contribution < -0.4 is 5.32 Å². The standard InChI is InChI=1S/C24H20FN7S/c1-15-21(13-30-32(15)20-3-2-6-28-12-20)17-8-23(24-18(10-27)11-29-31(24)14-17)33-22-5-4-19(25)7-16(22)9-26/h4-5,7-8,11,13-14,20,28H,2-3,6,12H2,1H3/t20-/m0/s1. The number of nitriles is 2. The first-order valence-electron chi connectivity index (χ1n) is 10.6. The highest BCUT2D eigenvalue weighted by Gasteiger charge is 2.21. The van der Waals surface area contributed by atoms with Gasteiger partial charge in [-0.1, -0.05) is 11.8 Å². The Morgan fingerprint density at radius 3 is 2.73 bits per heavy atom. The lowest BCUT2D eigenvalue weighted by atomic mass is 10.1. The quantitative estimate of drug-likeness (QED) is 0.486. The van der Waals surface area contributed by atoms with Gasteiger partial charge in [0.15, 0.2) is 0 Å². The molecule has 1 aliphatic heterocycles. The fourth-order valence-corrected chi connectivity index (χ4v) is 5.38. The van der Waals surface area contributed by atoms with Crippen LogP contribution in [0, 0.1) is 35.4 Å². The van der Waals surface area contributed by atoms with E-state index in [-0.39, 0.29) is 5.56 Å². The summed E-state index contributed by atoms with van der Waals surface area (Å²) in [5.41, 5.74) is 4.29. The van der Waals surface area contributed by atoms with Crippen LogP contribution in [0.2, 0.25) is 0 Å². The minimum Gasteiger partial charge on any atom is -0.315 e. The number of rotatable bonds is 4. The number of hydrogen-bond donors (Lipinski definition) is 1. The number of piperidine rings is 1. The Kier molecular flexibility index (Phi) is 5.59. The van der Waals surface area contributed by atoms with Crippen LogP contribution in [-0.4, -0.2) is 32.5 Å². The first-order valence-corrected chi connectivity index (χ1v) is 11.4. The molecule has 1 N–H and O–H groups in total. The van der Waals surface area contributed by atoms with Crippen molar-refractivity contribution in [2.75, 3.05) is 13.1 Å². The zero-order valence-corrected chi connectivity index (χ0v) is 18.7. The molecule has 0 aliphatic carbocycles. The number of halogens is 1. The smallest absolute Gasteiger partial charge is 0.124 e. The highest BCUT2D eigenvalue weighted by molar-refractivity contribution is 7.99. The fourth-order valence-electron chi connectivity index (χ4n) is 4.31. The Balaban J connectivity index is 1.62. The molecular weight excluding hydrogens is 437 g/mol. The molecule has 1 aliphatic rings. The molecule has 0 bridgehead atoms. The van der Waals surface area contributed by atoms with Crippen LogP contribution in [0.3, 0.4) is 0 Å². The molecule has 0 amide bonds. The van der Waals surface area contributed by atoms with E-state index in [4.69, 9.17) is 0 Å². The second-order valence-corrected chi connectivity index (χ2v) is 9.08. The molecule has 0 radical (unpaired) electrons. The van der Waals surface area contributed by atoms with Gasteiger partial charge in [0.2, 0.25) is 0 Å². The minimum atomic E-state index is -0.461. The molecule has 3 aromatic heterocycles. The molecule has 1 aromatic carbocycles. The highest BCUT2D eigenvalue weighted by Crippen LogP contribution is 2.38. The zero-order chi connectivity index (χ0) is 22.9. The Morgan fingerprint density at radius 2 is 1.97 bits per heavy atom. The van der Waals surface area contributed by atoms with E-state index in [2.05, 4.69) is 39.3 Å². The van der Waals surface area contributed by atoms with Gasteiger partial charge in [0.25, 0.3) is 0 Å². The molecule has 9 heteroatoms. The summed E-state index contributed by atoms with van der Waals surface area (Å²) >= 11 is 1.32. The summed E-state index contributed by atoms with van der Waals surface area (Å²) in [5.74, 6) is -0.461. The molecule has 4 aromatic rings. The van der Waals surface area contributed by atoms with Crippen LogP contribution in [0.1, 0.15) is 35.7 Å². The minimum absolute atomic E-state index is 0.246. The van der Waals surface area contributed by atoms with Crippen molar-refractivity contribution >= 4 is 17.3 Å². The molecule has 0 saturated carbocycles. The molecule has 0 unspecified atom stereocenters. The van der Waals surface area contributed by atoms with Crippen molar-refractivity contribution in [3.05, 3.63) is 65.5 Å². The Bertz CT molecular complexity index is 1430. The third-order valence-electron chi connectivity index (χ3n) is 5.95. The SMILES string of the molecule is Cc1c(-c2cc(Sc3ccc(F)cc3C#N)c3c(C#N)cnn3c2)cnn1[C@H]1CCCNC1. The van der Waals surface area contributed by atoms with Crippen molar-refractivity contribution in [3.8, 4) is 23.3 Å². The fraction of sp³-hybridized carbons (Fsp3) is 0.250. The maximum Gasteiger partial charge on any atom is 0.124 e. The number of aromatic nitrogens is 4. The largest absolute Gasteiger partial charge is 0.315 e. The summed E-state index contributed by atoms with van der Waals surface area (Å²) in [5, 5.41) is 31.6. The van der Waals surface area contributed by atoms with Crippen LogP contribution in [-0.2, 0) is 0 Å². The van der Waals surface area contributed by atoms with Gasteiger partial charge in [-0.25, -0.2) is 8.91 Å². The molecule has 4 heterocycles. The van der Waals surface area contributed by atoms with E-state index in [9.17, 15) is 14.9 Å². The number of hydrogen-bond acceptors (Lipinski definition) is 6. The lowest BCUT2D eigenvalue weighted by Gasteiger charge is -2.24. The molecule has 0 spiro atoms. The van der Waals surface area contributed by atoms with Gasteiger partial charge in [0, 0.05) is 39.4 Å². The van der Waals surface area contributed by atoms with Crippen LogP contribution in [0.4, 0.5) is 4.39 Å². The first-order chi connectivity index (χ1) is 16.1. The number of nitrogens with one attached hydrogen (secondary N) is 1. The summed E-state index contributed by atoms with van der Waals surface area (Å²) in [6.07, 6.45) is 7.50. The Morgan fingerprint density at radius 1 is 1.12 bits per heavy atom. The van der Waals surface area contributed by atoms with Crippen molar-refractivity contribution in [1.29, 1.82) is 10.5 Å². The lowest BCUT2D eigenvalue weighted by molar-refractivity contribution is 0.342. The van der Waals surface area contributed by atoms with Crippen molar-refractivity contribution in [2.24, 2.45) is 0 Å². The lowest BCUT2D eigenvalue weighted by Crippen LogP contribution is -2.32. The van der Waals surface area contributed by atoms with Gasteiger partial charge in [0.05, 0.1) is 35.1 Å². The van der Waals surface area contributed by atoms with Crippen molar-refractivity contribution < 1.29 is 4.39 Å². The van der Waals surface area contributed by atoms with Gasteiger partial charge in [-0.15, -0.1) is 0 Å². The third kappa shape index (κ3) is 3.86. The van der Waals surface area contributed by atoms with E-state index in [1.807, 2.05) is 18.5 Å². The maximum absolute atomic E-state index is 13.6. The second-order valence-electron chi connectivity index (χ2n) is 8.00. The number of nitrogens with zero attached hydrogens (tertiary/aromatic N) is 6. The van der Waals surface area contributed by atoms with Crippen molar-refractivity contribution in [3.63, 3.8) is 0 Å². The molecule has 1 fully saturated rings. The van der Waals surface area contributed by atoms with Crippen LogP contribution >= 0.6 is 11.8 Å². The van der Waals surface area contributed by atoms with Gasteiger partial charge >= 0.3 is 0 Å². The molecule has 5 rings (SSSR count). The van der Waals surface area contributed by atoms with Crippen molar-refractivity contribution in [1.82, 2.24) is 24.7 Å². The molecule has 7 nitrogen and oxygen atoms in total. The van der Waals surface area contributed by atoms with Crippen molar-refractivity contribution in [2.45, 2.75) is 35.6 Å². The summed E-state index contributed by atoms with van der Waals surface area (Å²) in [4.78, 5) is 1.37. The zero-order valence-electron chi connectivity index (χ0n) is 17.9. The third-order valence-corrected chi connectivity index (χ3v) is 7.06. The van der Waals surface area contributed by atoms with E-state index in [0.29, 0.717) is 22.0 Å². The van der Waals surface area contributed by atoms with Gasteiger partial charge in [-0.2, -0.15) is 20.7 Å². The van der Waals surface area contributed by atoms with E-state index in [0.717, 1.165) is 47.6 Å². The summed E-state index contributed by atoms with van der Waals surface area (Å²) in [7, 11) is 0. The average Bonchev–Trinajstić information content (AvgIpc) is 3.44. The topological polar surface area (TPSA) is 94.7 Å². The normalized spacial score (nSPS) is 15.9. The first kappa shape index (κ1) is 21.2. The van der Waals surface area contributed by atoms with Gasteiger partial charge < -0.3 is 5.32 Å². The van der Waals surface area contributed by atoms with Crippen LogP contribution in [0.15, 0.2) is 52.6 Å². The molecule has 1 atom stereocenters.